The number of aryl methyl sites for hydroxylation is 1. The van der Waals surface area contributed by atoms with Gasteiger partial charge < -0.3 is 9.72 Å². The normalized spacial score (nSPS) is 11.7. The number of benzene rings is 2. The largest absolute Gasteiger partial charge is 0.466 e. The van der Waals surface area contributed by atoms with Crippen LogP contribution in [0.25, 0.3) is 22.0 Å². The van der Waals surface area contributed by atoms with Crippen LogP contribution in [-0.4, -0.2) is 17.6 Å². The molecule has 0 aliphatic heterocycles. The molecular formula is C20H18F3NO2. The molecule has 3 aromatic rings. The van der Waals surface area contributed by atoms with Crippen molar-refractivity contribution in [2.75, 3.05) is 6.61 Å². The molecule has 0 radical (unpaired) electrons. The number of alkyl halides is 3. The highest BCUT2D eigenvalue weighted by Crippen LogP contribution is 2.37. The van der Waals surface area contributed by atoms with Crippen LogP contribution >= 0.6 is 0 Å². The van der Waals surface area contributed by atoms with Crippen molar-refractivity contribution < 1.29 is 22.7 Å². The second kappa shape index (κ2) is 6.86. The number of aromatic amines is 1. The number of nitrogens with one attached hydrogen (secondary N) is 1. The molecule has 0 unspecified atom stereocenters. The number of hydrogen-bond acceptors (Lipinski definition) is 2. The van der Waals surface area contributed by atoms with E-state index < -0.39 is 11.7 Å². The van der Waals surface area contributed by atoms with Crippen LogP contribution in [-0.2, 0) is 22.1 Å². The van der Waals surface area contributed by atoms with E-state index in [0.717, 1.165) is 34.3 Å². The van der Waals surface area contributed by atoms with Crippen molar-refractivity contribution in [2.45, 2.75) is 26.4 Å². The van der Waals surface area contributed by atoms with Crippen LogP contribution in [0.15, 0.2) is 42.5 Å². The van der Waals surface area contributed by atoms with E-state index in [2.05, 4.69) is 4.98 Å². The Hall–Kier alpha value is -2.76. The Kier molecular flexibility index (Phi) is 4.76. The number of hydrogen-bond donors (Lipinski definition) is 1. The average molecular weight is 361 g/mol. The molecule has 0 saturated heterocycles. The number of aromatic nitrogens is 1. The van der Waals surface area contributed by atoms with Gasteiger partial charge in [0.15, 0.2) is 0 Å². The number of fused-ring (bicyclic) bond motifs is 1. The molecule has 3 nitrogen and oxygen atoms in total. The van der Waals surface area contributed by atoms with E-state index in [4.69, 9.17) is 4.74 Å². The van der Waals surface area contributed by atoms with Crippen molar-refractivity contribution in [1.29, 1.82) is 0 Å². The highest BCUT2D eigenvalue weighted by molar-refractivity contribution is 6.00. The number of carbonyl (C=O) groups excluding carboxylic acids is 1. The third-order valence-corrected chi connectivity index (χ3v) is 4.23. The molecule has 0 spiro atoms. The fourth-order valence-electron chi connectivity index (χ4n) is 3.15. The van der Waals surface area contributed by atoms with Gasteiger partial charge in [0.25, 0.3) is 0 Å². The van der Waals surface area contributed by atoms with Crippen molar-refractivity contribution in [3.05, 3.63) is 59.3 Å². The Bertz CT molecular complexity index is 957. The number of rotatable bonds is 4. The first-order chi connectivity index (χ1) is 12.3. The van der Waals surface area contributed by atoms with Gasteiger partial charge in [-0.05, 0) is 37.1 Å². The van der Waals surface area contributed by atoms with Gasteiger partial charge in [-0.25, -0.2) is 0 Å². The molecule has 136 valence electrons. The molecule has 2 aromatic carbocycles. The van der Waals surface area contributed by atoms with Crippen molar-refractivity contribution in [3.63, 3.8) is 0 Å². The maximum absolute atomic E-state index is 13.0. The molecule has 6 heteroatoms. The molecule has 0 atom stereocenters. The van der Waals surface area contributed by atoms with Crippen LogP contribution in [0.3, 0.4) is 0 Å². The summed E-state index contributed by atoms with van der Waals surface area (Å²) in [6, 6.07) is 10.7. The molecule has 1 N–H and O–H groups in total. The molecule has 0 amide bonds. The van der Waals surface area contributed by atoms with Gasteiger partial charge >= 0.3 is 12.1 Å². The molecular weight excluding hydrogens is 343 g/mol. The first-order valence-electron chi connectivity index (χ1n) is 8.24. The number of esters is 1. The Balaban J connectivity index is 2.11. The maximum Gasteiger partial charge on any atom is 0.416 e. The van der Waals surface area contributed by atoms with Crippen LogP contribution in [0.1, 0.15) is 23.7 Å². The minimum Gasteiger partial charge on any atom is -0.466 e. The summed E-state index contributed by atoms with van der Waals surface area (Å²) >= 11 is 0. The highest BCUT2D eigenvalue weighted by Gasteiger charge is 2.30. The van der Waals surface area contributed by atoms with E-state index in [1.54, 1.807) is 19.1 Å². The Labute approximate surface area is 148 Å². The standard InChI is InChI=1S/C20H18F3NO2/c1-3-26-17(25)11-14-7-5-9-16-18(12(2)24-19(14)16)13-6-4-8-15(10-13)20(21,22)23/h4-10,24H,3,11H2,1-2H3. The van der Waals surface area contributed by atoms with Crippen molar-refractivity contribution in [3.8, 4) is 11.1 Å². The lowest BCUT2D eigenvalue weighted by atomic mass is 9.98. The van der Waals surface area contributed by atoms with Gasteiger partial charge in [0.2, 0.25) is 0 Å². The maximum atomic E-state index is 13.0. The third-order valence-electron chi connectivity index (χ3n) is 4.23. The van der Waals surface area contributed by atoms with E-state index in [0.29, 0.717) is 17.7 Å². The van der Waals surface area contributed by atoms with Crippen molar-refractivity contribution in [2.24, 2.45) is 0 Å². The smallest absolute Gasteiger partial charge is 0.416 e. The summed E-state index contributed by atoms with van der Waals surface area (Å²) in [4.78, 5) is 15.0. The number of halogens is 3. The molecule has 0 fully saturated rings. The molecule has 1 aromatic heterocycles. The van der Waals surface area contributed by atoms with Gasteiger partial charge in [-0.15, -0.1) is 0 Å². The fraction of sp³-hybridized carbons (Fsp3) is 0.250. The number of H-pyrrole nitrogens is 1. The summed E-state index contributed by atoms with van der Waals surface area (Å²) in [5, 5.41) is 0.781. The minimum atomic E-state index is -4.40. The van der Waals surface area contributed by atoms with Crippen LogP contribution in [0, 0.1) is 6.92 Å². The predicted octanol–water partition coefficient (Wildman–Crippen LogP) is 5.27. The van der Waals surface area contributed by atoms with E-state index >= 15 is 0 Å². The summed E-state index contributed by atoms with van der Waals surface area (Å²) in [5.41, 5.74) is 2.74. The zero-order chi connectivity index (χ0) is 18.9. The van der Waals surface area contributed by atoms with E-state index in [-0.39, 0.29) is 12.4 Å². The minimum absolute atomic E-state index is 0.104. The monoisotopic (exact) mass is 361 g/mol. The zero-order valence-corrected chi connectivity index (χ0v) is 14.4. The molecule has 0 bridgehead atoms. The third kappa shape index (κ3) is 3.45. The van der Waals surface area contributed by atoms with Gasteiger partial charge in [0.1, 0.15) is 0 Å². The fourth-order valence-corrected chi connectivity index (χ4v) is 3.15. The van der Waals surface area contributed by atoms with Gasteiger partial charge in [0, 0.05) is 16.6 Å². The Morgan fingerprint density at radius 3 is 2.58 bits per heavy atom. The molecule has 3 rings (SSSR count). The number of para-hydroxylation sites is 1. The van der Waals surface area contributed by atoms with Crippen LogP contribution in [0.2, 0.25) is 0 Å². The lowest BCUT2D eigenvalue weighted by Crippen LogP contribution is -2.07. The first-order valence-corrected chi connectivity index (χ1v) is 8.24. The summed E-state index contributed by atoms with van der Waals surface area (Å²) in [6.07, 6.45) is -4.29. The molecule has 0 aliphatic carbocycles. The Morgan fingerprint density at radius 1 is 1.15 bits per heavy atom. The highest BCUT2D eigenvalue weighted by atomic mass is 19.4. The summed E-state index contributed by atoms with van der Waals surface area (Å²) in [5.74, 6) is -0.340. The zero-order valence-electron chi connectivity index (χ0n) is 14.4. The van der Waals surface area contributed by atoms with Gasteiger partial charge in [0.05, 0.1) is 24.1 Å². The lowest BCUT2D eigenvalue weighted by Gasteiger charge is -2.09. The molecule has 0 saturated carbocycles. The molecule has 0 aliphatic rings. The van der Waals surface area contributed by atoms with Crippen molar-refractivity contribution in [1.82, 2.24) is 4.98 Å². The summed E-state index contributed by atoms with van der Waals surface area (Å²) in [6.45, 7) is 3.85. The van der Waals surface area contributed by atoms with E-state index in [1.807, 2.05) is 19.1 Å². The van der Waals surface area contributed by atoms with Gasteiger partial charge in [-0.2, -0.15) is 13.2 Å². The van der Waals surface area contributed by atoms with Crippen LogP contribution in [0.4, 0.5) is 13.2 Å². The van der Waals surface area contributed by atoms with E-state index in [9.17, 15) is 18.0 Å². The first kappa shape index (κ1) is 18.0. The lowest BCUT2D eigenvalue weighted by molar-refractivity contribution is -0.142. The van der Waals surface area contributed by atoms with Crippen LogP contribution in [0.5, 0.6) is 0 Å². The van der Waals surface area contributed by atoms with Gasteiger partial charge in [-0.3, -0.25) is 4.79 Å². The van der Waals surface area contributed by atoms with E-state index in [1.165, 1.54) is 6.07 Å². The number of ether oxygens (including phenoxy) is 1. The average Bonchev–Trinajstić information content (AvgIpc) is 2.91. The topological polar surface area (TPSA) is 42.1 Å². The summed E-state index contributed by atoms with van der Waals surface area (Å²) in [7, 11) is 0. The molecule has 26 heavy (non-hydrogen) atoms. The second-order valence-electron chi connectivity index (χ2n) is 6.03. The van der Waals surface area contributed by atoms with Crippen molar-refractivity contribution >= 4 is 16.9 Å². The second-order valence-corrected chi connectivity index (χ2v) is 6.03. The van der Waals surface area contributed by atoms with Gasteiger partial charge in [-0.1, -0.05) is 30.3 Å². The SMILES string of the molecule is CCOC(=O)Cc1cccc2c(-c3cccc(C(F)(F)F)c3)c(C)[nH]c12. The predicted molar refractivity (Wildman–Crippen MR) is 93.8 cm³/mol. The molecule has 1 heterocycles. The van der Waals surface area contributed by atoms with Crippen LogP contribution < -0.4 is 0 Å². The quantitative estimate of drug-likeness (QED) is 0.644. The Morgan fingerprint density at radius 2 is 1.88 bits per heavy atom. The number of carbonyl (C=O) groups is 1. The summed E-state index contributed by atoms with van der Waals surface area (Å²) < 4.78 is 44.1.